The normalized spacial score (nSPS) is 30.0. The van der Waals surface area contributed by atoms with Gasteiger partial charge in [-0.25, -0.2) is 9.79 Å². The number of fused-ring (bicyclic) bond motifs is 1. The van der Waals surface area contributed by atoms with Crippen molar-refractivity contribution in [2.75, 3.05) is 26.2 Å². The van der Waals surface area contributed by atoms with Gasteiger partial charge in [0, 0.05) is 31.6 Å². The van der Waals surface area contributed by atoms with E-state index in [4.69, 9.17) is 11.5 Å². The number of guanidine groups is 1. The van der Waals surface area contributed by atoms with Gasteiger partial charge >= 0.3 is 5.97 Å². The van der Waals surface area contributed by atoms with Gasteiger partial charge < -0.3 is 31.9 Å². The molecule has 0 saturated carbocycles. The van der Waals surface area contributed by atoms with Crippen molar-refractivity contribution >= 4 is 23.7 Å². The fourth-order valence-corrected chi connectivity index (χ4v) is 4.62. The highest BCUT2D eigenvalue weighted by Gasteiger charge is 2.59. The molecular weight excluding hydrogens is 380 g/mol. The second kappa shape index (κ2) is 7.99. The van der Waals surface area contributed by atoms with E-state index in [1.807, 2.05) is 6.92 Å². The van der Waals surface area contributed by atoms with Crippen molar-refractivity contribution in [2.24, 2.45) is 28.3 Å². The number of nitrogens with zero attached hydrogens (tertiary/aromatic N) is 3. The van der Waals surface area contributed by atoms with Crippen LogP contribution in [0.5, 0.6) is 0 Å². The maximum Gasteiger partial charge on any atom is 0.352 e. The molecule has 3 aliphatic rings. The molecule has 3 aliphatic heterocycles. The van der Waals surface area contributed by atoms with Crippen molar-refractivity contribution in [1.82, 2.24) is 15.1 Å². The summed E-state index contributed by atoms with van der Waals surface area (Å²) < 4.78 is 0. The van der Waals surface area contributed by atoms with E-state index in [2.05, 4.69) is 15.2 Å². The number of hydrogen-bond acceptors (Lipinski definition) is 6. The number of aliphatic hydroxyl groups excluding tert-OH is 1. The Morgan fingerprint density at radius 3 is 2.66 bits per heavy atom. The molecule has 0 aromatic carbocycles. The first kappa shape index (κ1) is 21.1. The van der Waals surface area contributed by atoms with Crippen LogP contribution in [0.25, 0.3) is 0 Å². The van der Waals surface area contributed by atoms with Crippen molar-refractivity contribution < 1.29 is 24.6 Å². The van der Waals surface area contributed by atoms with Gasteiger partial charge in [0.05, 0.1) is 18.1 Å². The lowest BCUT2D eigenvalue weighted by Gasteiger charge is -2.46. The highest BCUT2D eigenvalue weighted by Crippen LogP contribution is 2.47. The van der Waals surface area contributed by atoms with Gasteiger partial charge in [-0.05, 0) is 18.9 Å². The van der Waals surface area contributed by atoms with E-state index in [0.29, 0.717) is 25.2 Å². The monoisotopic (exact) mass is 408 g/mol. The van der Waals surface area contributed by atoms with Gasteiger partial charge in [0.1, 0.15) is 12.2 Å². The number of aliphatic carboxylic acids is 1. The lowest BCUT2D eigenvalue weighted by atomic mass is 9.77. The van der Waals surface area contributed by atoms with E-state index < -0.39 is 18.0 Å². The van der Waals surface area contributed by atoms with Crippen LogP contribution in [0.4, 0.5) is 0 Å². The predicted octanol–water partition coefficient (Wildman–Crippen LogP) is -2.35. The van der Waals surface area contributed by atoms with Crippen LogP contribution in [0.3, 0.4) is 0 Å². The van der Waals surface area contributed by atoms with Crippen LogP contribution >= 0.6 is 0 Å². The average molecular weight is 408 g/mol. The molecule has 2 amide bonds. The summed E-state index contributed by atoms with van der Waals surface area (Å²) in [6, 6.07) is -0.396. The number of rotatable bonds is 7. The number of β-lactam (4-membered cyclic amide) rings is 1. The molecule has 11 nitrogen and oxygen atoms in total. The molecule has 0 spiro atoms. The molecule has 7 N–H and O–H groups in total. The molecule has 2 saturated heterocycles. The number of hydrogen-bond donors (Lipinski definition) is 5. The second-order valence-corrected chi connectivity index (χ2v) is 7.96. The predicted molar refractivity (Wildman–Crippen MR) is 103 cm³/mol. The van der Waals surface area contributed by atoms with E-state index in [-0.39, 0.29) is 48.0 Å². The van der Waals surface area contributed by atoms with Crippen LogP contribution in [0, 0.1) is 11.8 Å². The number of amides is 2. The molecular formula is C18H28N6O5. The third-order valence-corrected chi connectivity index (χ3v) is 5.95. The van der Waals surface area contributed by atoms with Crippen LogP contribution in [-0.2, 0) is 14.4 Å². The van der Waals surface area contributed by atoms with E-state index in [1.165, 1.54) is 4.90 Å². The van der Waals surface area contributed by atoms with Gasteiger partial charge in [-0.2, -0.15) is 0 Å². The molecule has 0 aromatic rings. The molecule has 3 rings (SSSR count). The zero-order chi connectivity index (χ0) is 21.5. The minimum atomic E-state index is -1.13. The number of carbonyl (C=O) groups excluding carboxylic acids is 2. The van der Waals surface area contributed by atoms with Crippen LogP contribution in [0.15, 0.2) is 16.3 Å². The van der Waals surface area contributed by atoms with Crippen molar-refractivity contribution in [3.63, 3.8) is 0 Å². The van der Waals surface area contributed by atoms with Crippen LogP contribution in [-0.4, -0.2) is 88.1 Å². The highest BCUT2D eigenvalue weighted by atomic mass is 16.4. The maximum absolute atomic E-state index is 12.4. The number of aliphatic imine (C=N–C) groups is 1. The summed E-state index contributed by atoms with van der Waals surface area (Å²) in [7, 11) is 0. The summed E-state index contributed by atoms with van der Waals surface area (Å²) in [6.07, 6.45) is -0.0998. The van der Waals surface area contributed by atoms with E-state index in [1.54, 1.807) is 6.92 Å². The van der Waals surface area contributed by atoms with Crippen molar-refractivity contribution in [1.29, 1.82) is 0 Å². The van der Waals surface area contributed by atoms with Crippen molar-refractivity contribution in [3.8, 4) is 0 Å². The van der Waals surface area contributed by atoms with Gasteiger partial charge in [-0.15, -0.1) is 0 Å². The highest BCUT2D eigenvalue weighted by molar-refractivity contribution is 6.00. The lowest BCUT2D eigenvalue weighted by molar-refractivity contribution is -0.163. The topological polar surface area (TPSA) is 175 Å². The minimum Gasteiger partial charge on any atom is -0.477 e. The molecule has 5 unspecified atom stereocenters. The quantitative estimate of drug-likeness (QED) is 0.177. The van der Waals surface area contributed by atoms with Crippen LogP contribution < -0.4 is 16.8 Å². The number of carboxylic acids is 1. The third kappa shape index (κ3) is 3.92. The standard InChI is InChI=1S/C18H28N6O5/c1-8-11(15(17(28)29)24-14(8)13(9(2)25)16(24)27)7-23-4-3-10(6-23)22-12(26)5-21-18(19)20/h8-10,13-14,25H,3-7H2,1-2H3,(H,22,26)(H,28,29)(H4,19,20,21). The first-order valence-electron chi connectivity index (χ1n) is 9.66. The Morgan fingerprint density at radius 2 is 2.07 bits per heavy atom. The van der Waals surface area contributed by atoms with Gasteiger partial charge in [0.25, 0.3) is 0 Å². The van der Waals surface area contributed by atoms with Gasteiger partial charge in [0.15, 0.2) is 5.96 Å². The van der Waals surface area contributed by atoms with Crippen molar-refractivity contribution in [2.45, 2.75) is 38.5 Å². The zero-order valence-electron chi connectivity index (χ0n) is 16.5. The van der Waals surface area contributed by atoms with E-state index in [9.17, 15) is 24.6 Å². The Morgan fingerprint density at radius 1 is 1.38 bits per heavy atom. The Kier molecular flexibility index (Phi) is 5.80. The van der Waals surface area contributed by atoms with Gasteiger partial charge in [-0.3, -0.25) is 14.5 Å². The van der Waals surface area contributed by atoms with E-state index >= 15 is 0 Å². The molecule has 160 valence electrons. The number of aliphatic hydroxyl groups is 1. The van der Waals surface area contributed by atoms with Crippen LogP contribution in [0.2, 0.25) is 0 Å². The Balaban J connectivity index is 1.65. The summed E-state index contributed by atoms with van der Waals surface area (Å²) in [6.45, 7) is 4.97. The molecule has 29 heavy (non-hydrogen) atoms. The second-order valence-electron chi connectivity index (χ2n) is 7.96. The van der Waals surface area contributed by atoms with E-state index in [0.717, 1.165) is 6.42 Å². The molecule has 0 aromatic heterocycles. The number of likely N-dealkylation sites (tertiary alicyclic amines) is 1. The molecule has 2 fully saturated rings. The third-order valence-electron chi connectivity index (χ3n) is 5.95. The summed E-state index contributed by atoms with van der Waals surface area (Å²) in [4.78, 5) is 43.2. The SMILES string of the molecule is CC(O)C1C(=O)N2C(C(=O)O)=C(CN3CCC(NC(=O)CN=C(N)N)C3)C(C)C12. The summed E-state index contributed by atoms with van der Waals surface area (Å²) >= 11 is 0. The summed E-state index contributed by atoms with van der Waals surface area (Å²) in [5, 5.41) is 22.5. The number of carbonyl (C=O) groups is 3. The fraction of sp³-hybridized carbons (Fsp3) is 0.667. The first-order chi connectivity index (χ1) is 13.6. The Bertz CT molecular complexity index is 775. The maximum atomic E-state index is 12.4. The molecule has 3 heterocycles. The van der Waals surface area contributed by atoms with Gasteiger partial charge in [-0.1, -0.05) is 6.92 Å². The number of carboxylic acid groups (broad SMARTS) is 1. The Hall–Kier alpha value is -2.66. The smallest absolute Gasteiger partial charge is 0.352 e. The van der Waals surface area contributed by atoms with Crippen molar-refractivity contribution in [3.05, 3.63) is 11.3 Å². The average Bonchev–Trinajstić information content (AvgIpc) is 3.15. The Labute approximate surface area is 168 Å². The lowest BCUT2D eigenvalue weighted by Crippen LogP contribution is -2.63. The number of nitrogens with one attached hydrogen (secondary N) is 1. The molecule has 11 heteroatoms. The minimum absolute atomic E-state index is 0.0321. The zero-order valence-corrected chi connectivity index (χ0v) is 16.5. The molecule has 0 radical (unpaired) electrons. The van der Waals surface area contributed by atoms with Gasteiger partial charge in [0.2, 0.25) is 11.8 Å². The summed E-state index contributed by atoms with van der Waals surface area (Å²) in [5.74, 6) is -2.62. The fourth-order valence-electron chi connectivity index (χ4n) is 4.62. The molecule has 0 aliphatic carbocycles. The molecule has 0 bridgehead atoms. The molecule has 5 atom stereocenters. The number of nitrogens with two attached hydrogens (primary N) is 2. The summed E-state index contributed by atoms with van der Waals surface area (Å²) in [5.41, 5.74) is 11.2. The largest absolute Gasteiger partial charge is 0.477 e. The first-order valence-corrected chi connectivity index (χ1v) is 9.66. The van der Waals surface area contributed by atoms with Crippen LogP contribution in [0.1, 0.15) is 20.3 Å².